The van der Waals surface area contributed by atoms with Crippen LogP contribution in [0.15, 0.2) is 24.3 Å². The maximum atomic E-state index is 11.5. The van der Waals surface area contributed by atoms with E-state index >= 15 is 0 Å². The van der Waals surface area contributed by atoms with E-state index in [2.05, 4.69) is 12.2 Å². The van der Waals surface area contributed by atoms with Gasteiger partial charge in [-0.3, -0.25) is 0 Å². The molecule has 3 aliphatic rings. The van der Waals surface area contributed by atoms with Gasteiger partial charge in [0, 0.05) is 11.8 Å². The number of hydrogen-bond donors (Lipinski definition) is 0. The van der Waals surface area contributed by atoms with Gasteiger partial charge < -0.3 is 0 Å². The minimum Gasteiger partial charge on any atom is -0.228 e. The molecule has 2 heterocycles. The van der Waals surface area contributed by atoms with Crippen LogP contribution in [0.25, 0.3) is 0 Å². The fourth-order valence-electron chi connectivity index (χ4n) is 2.18. The molecule has 2 bridgehead atoms. The molecule has 1 aliphatic carbocycles. The highest BCUT2D eigenvalue weighted by molar-refractivity contribution is 7.93. The van der Waals surface area contributed by atoms with Gasteiger partial charge in [0.25, 0.3) is 0 Å². The van der Waals surface area contributed by atoms with Crippen molar-refractivity contribution >= 4 is 9.84 Å². The van der Waals surface area contributed by atoms with Gasteiger partial charge >= 0.3 is 0 Å². The highest BCUT2D eigenvalue weighted by Gasteiger charge is 2.60. The molecule has 2 nitrogen and oxygen atoms in total. The number of fused-ring (bicyclic) bond motifs is 2. The molecule has 0 N–H and O–H groups in total. The minimum absolute atomic E-state index is 0.0532. The highest BCUT2D eigenvalue weighted by Crippen LogP contribution is 2.53. The highest BCUT2D eigenvalue weighted by atomic mass is 32.2. The van der Waals surface area contributed by atoms with Crippen molar-refractivity contribution in [2.45, 2.75) is 10.5 Å². The molecule has 3 rings (SSSR count). The Bertz CT molecular complexity index is 344. The Morgan fingerprint density at radius 1 is 0.909 bits per heavy atom. The van der Waals surface area contributed by atoms with Gasteiger partial charge in [0.1, 0.15) is 0 Å². The van der Waals surface area contributed by atoms with Crippen molar-refractivity contribution in [1.82, 2.24) is 0 Å². The molecule has 0 amide bonds. The summed E-state index contributed by atoms with van der Waals surface area (Å²) in [5, 5.41) is -0.356. The molecule has 58 valence electrons. The fourth-order valence-corrected chi connectivity index (χ4v) is 4.49. The summed E-state index contributed by atoms with van der Waals surface area (Å²) in [6.45, 7) is 0. The first-order valence-electron chi connectivity index (χ1n) is 3.80. The number of rotatable bonds is 0. The predicted octanol–water partition coefficient (Wildman–Crippen LogP) is 0.524. The lowest BCUT2D eigenvalue weighted by Gasteiger charge is -2.14. The molecular formula is C8H8O2S. The third kappa shape index (κ3) is 0.527. The third-order valence-corrected chi connectivity index (χ3v) is 5.33. The molecule has 1 saturated carbocycles. The van der Waals surface area contributed by atoms with Crippen LogP contribution in [0.2, 0.25) is 0 Å². The topological polar surface area (TPSA) is 34.1 Å². The third-order valence-electron chi connectivity index (χ3n) is 2.87. The number of sulfone groups is 1. The van der Waals surface area contributed by atoms with Gasteiger partial charge in [-0.05, 0) is 0 Å². The standard InChI is InChI=1S/C8H8O2S/c9-11(10)5-1-3-6-7(4-2-5)8(6)11/h1-8H/t5?,6-,7+,8?. The van der Waals surface area contributed by atoms with Crippen LogP contribution in [-0.4, -0.2) is 18.9 Å². The second-order valence-corrected chi connectivity index (χ2v) is 5.71. The Balaban J connectivity index is 2.32. The van der Waals surface area contributed by atoms with Crippen molar-refractivity contribution in [2.24, 2.45) is 11.8 Å². The second kappa shape index (κ2) is 1.46. The van der Waals surface area contributed by atoms with Gasteiger partial charge in [-0.15, -0.1) is 0 Å². The van der Waals surface area contributed by atoms with Crippen LogP contribution >= 0.6 is 0 Å². The van der Waals surface area contributed by atoms with Gasteiger partial charge in [0.15, 0.2) is 9.84 Å². The molecule has 3 heteroatoms. The van der Waals surface area contributed by atoms with Crippen LogP contribution in [0, 0.1) is 11.8 Å². The molecular weight excluding hydrogens is 160 g/mol. The molecule has 0 radical (unpaired) electrons. The van der Waals surface area contributed by atoms with Crippen molar-refractivity contribution in [3.05, 3.63) is 24.3 Å². The molecule has 2 unspecified atom stereocenters. The molecule has 2 aliphatic heterocycles. The Labute approximate surface area is 65.5 Å². The Hall–Kier alpha value is -0.570. The summed E-state index contributed by atoms with van der Waals surface area (Å²) in [5.74, 6) is 0.630. The number of allylic oxidation sites excluding steroid dienone is 2. The zero-order valence-electron chi connectivity index (χ0n) is 5.84. The zero-order valence-corrected chi connectivity index (χ0v) is 6.66. The van der Waals surface area contributed by atoms with Gasteiger partial charge in [-0.1, -0.05) is 24.3 Å². The van der Waals surface area contributed by atoms with E-state index in [4.69, 9.17) is 0 Å². The minimum atomic E-state index is -2.80. The van der Waals surface area contributed by atoms with E-state index in [1.807, 2.05) is 12.2 Å². The van der Waals surface area contributed by atoms with Crippen LogP contribution in [0.1, 0.15) is 0 Å². The first kappa shape index (κ1) is 6.00. The average Bonchev–Trinajstić information content (AvgIpc) is 2.56. The quantitative estimate of drug-likeness (QED) is 0.494. The summed E-state index contributed by atoms with van der Waals surface area (Å²) >= 11 is 0. The average molecular weight is 168 g/mol. The molecule has 0 spiro atoms. The fraction of sp³-hybridized carbons (Fsp3) is 0.500. The van der Waals surface area contributed by atoms with Crippen molar-refractivity contribution < 1.29 is 8.42 Å². The smallest absolute Gasteiger partial charge is 0.164 e. The summed E-state index contributed by atoms with van der Waals surface area (Å²) in [6, 6.07) is 0. The Kier molecular flexibility index (Phi) is 0.796. The molecule has 0 aromatic heterocycles. The van der Waals surface area contributed by atoms with Crippen LogP contribution in [0.3, 0.4) is 0 Å². The zero-order chi connectivity index (χ0) is 7.64. The first-order valence-corrected chi connectivity index (χ1v) is 5.41. The van der Waals surface area contributed by atoms with Gasteiger partial charge in [-0.25, -0.2) is 8.42 Å². The molecule has 1 fully saturated rings. The van der Waals surface area contributed by atoms with E-state index in [1.165, 1.54) is 0 Å². The van der Waals surface area contributed by atoms with E-state index in [0.29, 0.717) is 11.8 Å². The molecule has 0 aromatic carbocycles. The molecule has 11 heavy (non-hydrogen) atoms. The van der Waals surface area contributed by atoms with Crippen LogP contribution in [-0.2, 0) is 9.84 Å². The Morgan fingerprint density at radius 3 is 1.91 bits per heavy atom. The summed E-state index contributed by atoms with van der Waals surface area (Å²) < 4.78 is 23.0. The summed E-state index contributed by atoms with van der Waals surface area (Å²) in [7, 11) is -2.80. The molecule has 4 atom stereocenters. The van der Waals surface area contributed by atoms with Gasteiger partial charge in [0.05, 0.1) is 10.5 Å². The van der Waals surface area contributed by atoms with Crippen molar-refractivity contribution in [2.75, 3.05) is 0 Å². The van der Waals surface area contributed by atoms with Gasteiger partial charge in [-0.2, -0.15) is 0 Å². The summed E-state index contributed by atoms with van der Waals surface area (Å²) in [4.78, 5) is 0. The molecule has 0 saturated heterocycles. The Morgan fingerprint density at radius 2 is 1.45 bits per heavy atom. The van der Waals surface area contributed by atoms with Crippen molar-refractivity contribution in [1.29, 1.82) is 0 Å². The lowest BCUT2D eigenvalue weighted by molar-refractivity contribution is 0.588. The van der Waals surface area contributed by atoms with E-state index < -0.39 is 9.84 Å². The van der Waals surface area contributed by atoms with Crippen molar-refractivity contribution in [3.8, 4) is 0 Å². The van der Waals surface area contributed by atoms with Crippen LogP contribution in [0.4, 0.5) is 0 Å². The van der Waals surface area contributed by atoms with E-state index in [-0.39, 0.29) is 10.5 Å². The normalized spacial score (nSPS) is 54.2. The summed E-state index contributed by atoms with van der Waals surface area (Å²) in [5.41, 5.74) is 0. The maximum Gasteiger partial charge on any atom is 0.164 e. The second-order valence-electron chi connectivity index (χ2n) is 3.44. The lowest BCUT2D eigenvalue weighted by Crippen LogP contribution is -2.26. The predicted molar refractivity (Wildman–Crippen MR) is 41.8 cm³/mol. The molecule has 0 aromatic rings. The maximum absolute atomic E-state index is 11.5. The van der Waals surface area contributed by atoms with Crippen LogP contribution < -0.4 is 0 Å². The van der Waals surface area contributed by atoms with E-state index in [0.717, 1.165) is 0 Å². The first-order chi connectivity index (χ1) is 5.21. The van der Waals surface area contributed by atoms with Crippen molar-refractivity contribution in [3.63, 3.8) is 0 Å². The van der Waals surface area contributed by atoms with Crippen LogP contribution in [0.5, 0.6) is 0 Å². The van der Waals surface area contributed by atoms with E-state index in [1.54, 1.807) is 0 Å². The summed E-state index contributed by atoms with van der Waals surface area (Å²) in [6.07, 6.45) is 7.75. The van der Waals surface area contributed by atoms with E-state index in [9.17, 15) is 8.42 Å². The SMILES string of the molecule is O=S1(=O)C2C=C[C@@H]3C1[C@@H]3C=C2. The largest absolute Gasteiger partial charge is 0.228 e. The monoisotopic (exact) mass is 168 g/mol. The number of hydrogen-bond acceptors (Lipinski definition) is 2. The van der Waals surface area contributed by atoms with Gasteiger partial charge in [0.2, 0.25) is 0 Å². The lowest BCUT2D eigenvalue weighted by atomic mass is 10.3.